The van der Waals surface area contributed by atoms with Crippen molar-refractivity contribution in [3.63, 3.8) is 0 Å². The molecule has 0 spiro atoms. The number of nitrogens with zero attached hydrogens (tertiary/aromatic N) is 1. The van der Waals surface area contributed by atoms with E-state index in [0.717, 1.165) is 21.6 Å². The minimum Gasteiger partial charge on any atom is -0.307 e. The third kappa shape index (κ3) is 4.76. The first-order valence-electron chi connectivity index (χ1n) is 9.04. The highest BCUT2D eigenvalue weighted by Crippen LogP contribution is 2.20. The molecular formula is C23H23N3O2. The van der Waals surface area contributed by atoms with Crippen LogP contribution in [0, 0.1) is 20.8 Å². The van der Waals surface area contributed by atoms with Gasteiger partial charge in [-0.1, -0.05) is 53.1 Å². The zero-order valence-electron chi connectivity index (χ0n) is 16.2. The number of anilines is 3. The lowest BCUT2D eigenvalue weighted by Crippen LogP contribution is -2.42. The van der Waals surface area contributed by atoms with Crippen LogP contribution in [-0.4, -0.2) is 12.1 Å². The lowest BCUT2D eigenvalue weighted by atomic mass is 10.2. The van der Waals surface area contributed by atoms with E-state index < -0.39 is 12.1 Å². The predicted octanol–water partition coefficient (Wildman–Crippen LogP) is 5.88. The van der Waals surface area contributed by atoms with E-state index in [2.05, 4.69) is 10.6 Å². The van der Waals surface area contributed by atoms with E-state index >= 15 is 0 Å². The number of aryl methyl sites for hydroxylation is 3. The standard InChI is InChI=1S/C23H23N3O2/c1-16-4-10-19(11-5-16)24-22(27)26(21-14-8-18(3)9-15-21)23(28)25-20-12-6-17(2)7-13-20/h4-15H,1-3H3,(H,24,27)(H,25,28). The molecule has 0 aliphatic rings. The van der Waals surface area contributed by atoms with Gasteiger partial charge in [-0.2, -0.15) is 0 Å². The van der Waals surface area contributed by atoms with E-state index in [1.54, 1.807) is 36.4 Å². The number of amides is 4. The average molecular weight is 373 g/mol. The molecule has 2 N–H and O–H groups in total. The van der Waals surface area contributed by atoms with Crippen molar-refractivity contribution < 1.29 is 9.59 Å². The third-order valence-electron chi connectivity index (χ3n) is 4.30. The number of hydrogen-bond donors (Lipinski definition) is 2. The Balaban J connectivity index is 1.86. The summed E-state index contributed by atoms with van der Waals surface area (Å²) in [4.78, 5) is 26.9. The first-order valence-corrected chi connectivity index (χ1v) is 9.04. The Morgan fingerprint density at radius 3 is 1.25 bits per heavy atom. The van der Waals surface area contributed by atoms with Gasteiger partial charge in [-0.3, -0.25) is 0 Å². The maximum Gasteiger partial charge on any atom is 0.334 e. The first-order chi connectivity index (χ1) is 13.4. The van der Waals surface area contributed by atoms with Gasteiger partial charge in [0.05, 0.1) is 5.69 Å². The lowest BCUT2D eigenvalue weighted by molar-refractivity contribution is 0.246. The molecule has 0 unspecified atom stereocenters. The summed E-state index contributed by atoms with van der Waals surface area (Å²) in [5.41, 5.74) is 4.95. The van der Waals surface area contributed by atoms with E-state index in [9.17, 15) is 9.59 Å². The Morgan fingerprint density at radius 2 is 0.893 bits per heavy atom. The quantitative estimate of drug-likeness (QED) is 0.602. The number of carbonyl (C=O) groups is 2. The molecule has 0 heterocycles. The average Bonchev–Trinajstić information content (AvgIpc) is 2.67. The van der Waals surface area contributed by atoms with Crippen LogP contribution in [-0.2, 0) is 0 Å². The van der Waals surface area contributed by atoms with Crippen LogP contribution >= 0.6 is 0 Å². The molecule has 5 heteroatoms. The summed E-state index contributed by atoms with van der Waals surface area (Å²) < 4.78 is 0. The number of rotatable bonds is 3. The molecule has 28 heavy (non-hydrogen) atoms. The van der Waals surface area contributed by atoms with Crippen molar-refractivity contribution in [1.29, 1.82) is 0 Å². The van der Waals surface area contributed by atoms with Crippen molar-refractivity contribution in [2.24, 2.45) is 0 Å². The summed E-state index contributed by atoms with van der Waals surface area (Å²) in [7, 11) is 0. The van der Waals surface area contributed by atoms with Gasteiger partial charge in [0.1, 0.15) is 0 Å². The fraction of sp³-hybridized carbons (Fsp3) is 0.130. The summed E-state index contributed by atoms with van der Waals surface area (Å²) in [6.45, 7) is 5.89. The van der Waals surface area contributed by atoms with Crippen molar-refractivity contribution in [1.82, 2.24) is 0 Å². The Hall–Kier alpha value is -3.60. The number of urea groups is 2. The number of benzene rings is 3. The van der Waals surface area contributed by atoms with Crippen molar-refractivity contribution in [2.75, 3.05) is 15.5 Å². The van der Waals surface area contributed by atoms with Gasteiger partial charge in [-0.05, 0) is 57.2 Å². The molecule has 0 saturated carbocycles. The van der Waals surface area contributed by atoms with Crippen LogP contribution in [0.4, 0.5) is 26.7 Å². The fourth-order valence-corrected chi connectivity index (χ4v) is 2.65. The van der Waals surface area contributed by atoms with Gasteiger partial charge in [0.2, 0.25) is 0 Å². The Morgan fingerprint density at radius 1 is 0.571 bits per heavy atom. The molecule has 0 aliphatic carbocycles. The molecular weight excluding hydrogens is 350 g/mol. The molecule has 142 valence electrons. The van der Waals surface area contributed by atoms with Crippen LogP contribution in [0.5, 0.6) is 0 Å². The molecule has 0 bridgehead atoms. The maximum absolute atomic E-state index is 12.9. The smallest absolute Gasteiger partial charge is 0.307 e. The number of carbonyl (C=O) groups excluding carboxylic acids is 2. The minimum atomic E-state index is -0.530. The Labute approximate surface area is 165 Å². The molecule has 0 saturated heterocycles. The largest absolute Gasteiger partial charge is 0.334 e. The number of imide groups is 1. The highest BCUT2D eigenvalue weighted by Gasteiger charge is 2.24. The van der Waals surface area contributed by atoms with Gasteiger partial charge in [0.25, 0.3) is 0 Å². The zero-order valence-corrected chi connectivity index (χ0v) is 16.2. The summed E-state index contributed by atoms with van der Waals surface area (Å²) in [5, 5.41) is 5.57. The van der Waals surface area contributed by atoms with Gasteiger partial charge >= 0.3 is 12.1 Å². The first kappa shape index (κ1) is 19.2. The summed E-state index contributed by atoms with van der Waals surface area (Å²) in [6.07, 6.45) is 0. The van der Waals surface area contributed by atoms with E-state index in [-0.39, 0.29) is 0 Å². The number of hydrogen-bond acceptors (Lipinski definition) is 2. The lowest BCUT2D eigenvalue weighted by Gasteiger charge is -2.22. The fourth-order valence-electron chi connectivity index (χ4n) is 2.65. The van der Waals surface area contributed by atoms with Crippen molar-refractivity contribution in [3.8, 4) is 0 Å². The second-order valence-electron chi connectivity index (χ2n) is 6.76. The van der Waals surface area contributed by atoms with Crippen LogP contribution in [0.1, 0.15) is 16.7 Å². The normalized spacial score (nSPS) is 10.2. The van der Waals surface area contributed by atoms with Crippen molar-refractivity contribution in [3.05, 3.63) is 89.5 Å². The SMILES string of the molecule is Cc1ccc(NC(=O)N(C(=O)Nc2ccc(C)cc2)c2ccc(C)cc2)cc1. The van der Waals surface area contributed by atoms with Crippen LogP contribution in [0.2, 0.25) is 0 Å². The monoisotopic (exact) mass is 373 g/mol. The predicted molar refractivity (Wildman–Crippen MR) is 114 cm³/mol. The van der Waals surface area contributed by atoms with Gasteiger partial charge in [0.15, 0.2) is 0 Å². The summed E-state index contributed by atoms with van der Waals surface area (Å²) in [6, 6.07) is 21.0. The van der Waals surface area contributed by atoms with Gasteiger partial charge in [-0.15, -0.1) is 0 Å². The highest BCUT2D eigenvalue weighted by molar-refractivity contribution is 6.21. The molecule has 3 aromatic rings. The molecule has 3 aromatic carbocycles. The molecule has 3 rings (SSSR count). The van der Waals surface area contributed by atoms with E-state index in [4.69, 9.17) is 0 Å². The second kappa shape index (κ2) is 8.39. The molecule has 0 atom stereocenters. The van der Waals surface area contributed by atoms with E-state index in [0.29, 0.717) is 17.1 Å². The van der Waals surface area contributed by atoms with Gasteiger partial charge < -0.3 is 10.6 Å². The molecule has 5 nitrogen and oxygen atoms in total. The minimum absolute atomic E-state index is 0.486. The van der Waals surface area contributed by atoms with Crippen molar-refractivity contribution >= 4 is 29.1 Å². The van der Waals surface area contributed by atoms with Crippen LogP contribution < -0.4 is 15.5 Å². The molecule has 0 aliphatic heterocycles. The van der Waals surface area contributed by atoms with E-state index in [1.165, 1.54) is 0 Å². The Bertz CT molecular complexity index is 903. The van der Waals surface area contributed by atoms with Crippen molar-refractivity contribution in [2.45, 2.75) is 20.8 Å². The summed E-state index contributed by atoms with van der Waals surface area (Å²) >= 11 is 0. The van der Waals surface area contributed by atoms with Crippen LogP contribution in [0.25, 0.3) is 0 Å². The van der Waals surface area contributed by atoms with Crippen LogP contribution in [0.15, 0.2) is 72.8 Å². The molecule has 4 amide bonds. The van der Waals surface area contributed by atoms with Gasteiger partial charge in [0, 0.05) is 11.4 Å². The van der Waals surface area contributed by atoms with E-state index in [1.807, 2.05) is 57.2 Å². The highest BCUT2D eigenvalue weighted by atomic mass is 16.2. The van der Waals surface area contributed by atoms with Gasteiger partial charge in [-0.25, -0.2) is 14.5 Å². The molecule has 0 fully saturated rings. The number of nitrogens with one attached hydrogen (secondary N) is 2. The maximum atomic E-state index is 12.9. The second-order valence-corrected chi connectivity index (χ2v) is 6.76. The molecule has 0 aromatic heterocycles. The third-order valence-corrected chi connectivity index (χ3v) is 4.30. The Kier molecular flexibility index (Phi) is 5.75. The summed E-state index contributed by atoms with van der Waals surface area (Å²) in [5.74, 6) is 0. The van der Waals surface area contributed by atoms with Crippen LogP contribution in [0.3, 0.4) is 0 Å². The topological polar surface area (TPSA) is 61.4 Å². The molecule has 0 radical (unpaired) electrons. The zero-order chi connectivity index (χ0) is 20.1.